The van der Waals surface area contributed by atoms with Crippen molar-refractivity contribution in [2.75, 3.05) is 13.7 Å². The largest absolute Gasteiger partial charge is 0.467 e. The van der Waals surface area contributed by atoms with E-state index in [1.165, 1.54) is 14.0 Å². The molecule has 2 atom stereocenters. The summed E-state index contributed by atoms with van der Waals surface area (Å²) >= 11 is 0. The Kier molecular flexibility index (Phi) is 7.20. The van der Waals surface area contributed by atoms with E-state index in [1.807, 2.05) is 6.92 Å². The van der Waals surface area contributed by atoms with Crippen LogP contribution in [0.3, 0.4) is 0 Å². The van der Waals surface area contributed by atoms with Crippen LogP contribution in [-0.2, 0) is 14.3 Å². The summed E-state index contributed by atoms with van der Waals surface area (Å²) in [6.45, 7) is 7.31. The highest BCUT2D eigenvalue weighted by Crippen LogP contribution is 1.93. The Hall–Kier alpha value is -1.36. The molecule has 16 heavy (non-hydrogen) atoms. The average molecular weight is 228 g/mol. The molecule has 0 saturated carbocycles. The average Bonchev–Trinajstić information content (AvgIpc) is 2.23. The number of esters is 1. The van der Waals surface area contributed by atoms with Crippen molar-refractivity contribution in [3.63, 3.8) is 0 Å². The zero-order valence-electron chi connectivity index (χ0n) is 10.1. The van der Waals surface area contributed by atoms with Crippen molar-refractivity contribution in [2.45, 2.75) is 32.4 Å². The second kappa shape index (κ2) is 7.87. The number of hydrogen-bond donors (Lipinski definition) is 2. The van der Waals surface area contributed by atoms with Gasteiger partial charge in [-0.05, 0) is 13.3 Å². The molecular formula is C11H20N2O3. The van der Waals surface area contributed by atoms with E-state index in [0.717, 1.165) is 6.42 Å². The highest BCUT2D eigenvalue weighted by molar-refractivity contribution is 5.83. The summed E-state index contributed by atoms with van der Waals surface area (Å²) in [6.07, 6.45) is 2.59. The first kappa shape index (κ1) is 14.6. The maximum atomic E-state index is 11.3. The number of carbonyl (C=O) groups excluding carboxylic acids is 2. The fraction of sp³-hybridized carbons (Fsp3) is 0.636. The van der Waals surface area contributed by atoms with Crippen molar-refractivity contribution >= 4 is 11.9 Å². The summed E-state index contributed by atoms with van der Waals surface area (Å²) in [5.74, 6) is -0.706. The van der Waals surface area contributed by atoms with E-state index in [-0.39, 0.29) is 11.9 Å². The fourth-order valence-corrected chi connectivity index (χ4v) is 1.23. The van der Waals surface area contributed by atoms with Gasteiger partial charge in [0.05, 0.1) is 7.11 Å². The SMILES string of the molecule is C=CCC(C)NCC(NC(C)=O)C(=O)OC. The minimum atomic E-state index is -0.644. The lowest BCUT2D eigenvalue weighted by Crippen LogP contribution is -2.48. The predicted molar refractivity (Wildman–Crippen MR) is 61.9 cm³/mol. The molecular weight excluding hydrogens is 208 g/mol. The molecule has 5 nitrogen and oxygen atoms in total. The summed E-state index contributed by atoms with van der Waals surface area (Å²) < 4.78 is 4.59. The first-order chi connectivity index (χ1) is 7.51. The van der Waals surface area contributed by atoms with Crippen molar-refractivity contribution in [1.29, 1.82) is 0 Å². The zero-order chi connectivity index (χ0) is 12.6. The molecule has 0 fully saturated rings. The molecule has 2 unspecified atom stereocenters. The van der Waals surface area contributed by atoms with Gasteiger partial charge in [-0.2, -0.15) is 0 Å². The summed E-state index contributed by atoms with van der Waals surface area (Å²) in [5, 5.41) is 5.64. The fourth-order valence-electron chi connectivity index (χ4n) is 1.23. The second-order valence-electron chi connectivity index (χ2n) is 3.61. The topological polar surface area (TPSA) is 67.4 Å². The number of carbonyl (C=O) groups is 2. The highest BCUT2D eigenvalue weighted by atomic mass is 16.5. The van der Waals surface area contributed by atoms with Gasteiger partial charge in [-0.15, -0.1) is 6.58 Å². The van der Waals surface area contributed by atoms with Crippen molar-refractivity contribution in [3.05, 3.63) is 12.7 Å². The van der Waals surface area contributed by atoms with Crippen LogP contribution in [0.5, 0.6) is 0 Å². The Balaban J connectivity index is 4.15. The molecule has 0 bridgehead atoms. The van der Waals surface area contributed by atoms with Gasteiger partial charge in [0.1, 0.15) is 6.04 Å². The summed E-state index contributed by atoms with van der Waals surface area (Å²) in [6, 6.07) is -0.437. The number of amides is 1. The quantitative estimate of drug-likeness (QED) is 0.483. The van der Waals surface area contributed by atoms with Crippen LogP contribution < -0.4 is 10.6 Å². The van der Waals surface area contributed by atoms with Gasteiger partial charge < -0.3 is 15.4 Å². The third-order valence-electron chi connectivity index (χ3n) is 2.05. The van der Waals surface area contributed by atoms with E-state index in [0.29, 0.717) is 6.54 Å². The van der Waals surface area contributed by atoms with Gasteiger partial charge in [-0.25, -0.2) is 4.79 Å². The molecule has 92 valence electrons. The molecule has 0 aliphatic rings. The maximum absolute atomic E-state index is 11.3. The van der Waals surface area contributed by atoms with Gasteiger partial charge in [0, 0.05) is 19.5 Å². The molecule has 1 amide bonds. The van der Waals surface area contributed by atoms with Crippen molar-refractivity contribution in [2.24, 2.45) is 0 Å². The Morgan fingerprint density at radius 3 is 2.56 bits per heavy atom. The van der Waals surface area contributed by atoms with Crippen LogP contribution in [0, 0.1) is 0 Å². The van der Waals surface area contributed by atoms with Crippen molar-refractivity contribution in [1.82, 2.24) is 10.6 Å². The smallest absolute Gasteiger partial charge is 0.329 e. The Labute approximate surface area is 96.2 Å². The Bertz CT molecular complexity index is 254. The molecule has 0 aromatic heterocycles. The standard InChI is InChI=1S/C11H20N2O3/c1-5-6-8(2)12-7-10(11(15)16-4)13-9(3)14/h5,8,10,12H,1,6-7H2,2-4H3,(H,13,14). The number of rotatable bonds is 7. The number of ether oxygens (including phenoxy) is 1. The monoisotopic (exact) mass is 228 g/mol. The Morgan fingerprint density at radius 2 is 2.12 bits per heavy atom. The summed E-state index contributed by atoms with van der Waals surface area (Å²) in [5.41, 5.74) is 0. The molecule has 0 aliphatic heterocycles. The van der Waals surface area contributed by atoms with Crippen LogP contribution in [-0.4, -0.2) is 37.6 Å². The molecule has 0 aromatic rings. The lowest BCUT2D eigenvalue weighted by atomic mass is 10.2. The number of hydrogen-bond acceptors (Lipinski definition) is 4. The lowest BCUT2D eigenvalue weighted by Gasteiger charge is -2.18. The van der Waals surface area contributed by atoms with E-state index in [9.17, 15) is 9.59 Å². The maximum Gasteiger partial charge on any atom is 0.329 e. The third kappa shape index (κ3) is 6.19. The van der Waals surface area contributed by atoms with E-state index >= 15 is 0 Å². The molecule has 0 rings (SSSR count). The summed E-state index contributed by atoms with van der Waals surface area (Å²) in [7, 11) is 1.30. The van der Waals surface area contributed by atoms with Crippen molar-refractivity contribution in [3.8, 4) is 0 Å². The van der Waals surface area contributed by atoms with Gasteiger partial charge in [0.2, 0.25) is 5.91 Å². The Morgan fingerprint density at radius 1 is 1.50 bits per heavy atom. The van der Waals surface area contributed by atoms with Gasteiger partial charge in [-0.3, -0.25) is 4.79 Å². The van der Waals surface area contributed by atoms with E-state index in [4.69, 9.17) is 0 Å². The van der Waals surface area contributed by atoms with Crippen LogP contribution in [0.25, 0.3) is 0 Å². The second-order valence-corrected chi connectivity index (χ2v) is 3.61. The van der Waals surface area contributed by atoms with Crippen LogP contribution in [0.4, 0.5) is 0 Å². The van der Waals surface area contributed by atoms with E-state index in [2.05, 4.69) is 21.9 Å². The number of nitrogens with one attached hydrogen (secondary N) is 2. The minimum absolute atomic E-state index is 0.207. The van der Waals surface area contributed by atoms with Crippen LogP contribution in [0.2, 0.25) is 0 Å². The molecule has 5 heteroatoms. The van der Waals surface area contributed by atoms with Crippen LogP contribution in [0.15, 0.2) is 12.7 Å². The molecule has 0 radical (unpaired) electrons. The zero-order valence-corrected chi connectivity index (χ0v) is 10.1. The van der Waals surface area contributed by atoms with Crippen LogP contribution >= 0.6 is 0 Å². The predicted octanol–water partition coefficient (Wildman–Crippen LogP) is 0.218. The van der Waals surface area contributed by atoms with Gasteiger partial charge in [0.25, 0.3) is 0 Å². The first-order valence-electron chi connectivity index (χ1n) is 5.20. The van der Waals surface area contributed by atoms with Gasteiger partial charge >= 0.3 is 5.97 Å². The number of methoxy groups -OCH3 is 1. The van der Waals surface area contributed by atoms with E-state index in [1.54, 1.807) is 6.08 Å². The van der Waals surface area contributed by atoms with E-state index < -0.39 is 12.0 Å². The minimum Gasteiger partial charge on any atom is -0.467 e. The molecule has 2 N–H and O–H groups in total. The first-order valence-corrected chi connectivity index (χ1v) is 5.20. The lowest BCUT2D eigenvalue weighted by molar-refractivity contribution is -0.144. The van der Waals surface area contributed by atoms with Gasteiger partial charge in [-0.1, -0.05) is 6.08 Å². The third-order valence-corrected chi connectivity index (χ3v) is 2.05. The normalized spacial score (nSPS) is 13.7. The van der Waals surface area contributed by atoms with Crippen molar-refractivity contribution < 1.29 is 14.3 Å². The molecule has 0 spiro atoms. The molecule has 0 saturated heterocycles. The highest BCUT2D eigenvalue weighted by Gasteiger charge is 2.20. The molecule has 0 heterocycles. The summed E-state index contributed by atoms with van der Waals surface area (Å²) in [4.78, 5) is 22.2. The molecule has 0 aliphatic carbocycles. The van der Waals surface area contributed by atoms with Crippen LogP contribution in [0.1, 0.15) is 20.3 Å². The molecule has 0 aromatic carbocycles. The van der Waals surface area contributed by atoms with Gasteiger partial charge in [0.15, 0.2) is 0 Å².